The number of furan rings is 1. The molecule has 5 aromatic heterocycles. The number of aromatic nitrogens is 4. The molecule has 5 nitrogen and oxygen atoms in total. The summed E-state index contributed by atoms with van der Waals surface area (Å²) in [4.78, 5) is 10.2. The fourth-order valence-electron chi connectivity index (χ4n) is 6.07. The Morgan fingerprint density at radius 3 is 2.13 bits per heavy atom. The third kappa shape index (κ3) is 2.79. The van der Waals surface area contributed by atoms with E-state index in [4.69, 9.17) is 14.4 Å². The molecule has 0 N–H and O–H groups in total. The average Bonchev–Trinajstić information content (AvgIpc) is 3.63. The van der Waals surface area contributed by atoms with E-state index in [0.717, 1.165) is 71.9 Å². The lowest BCUT2D eigenvalue weighted by Crippen LogP contribution is -1.98. The number of rotatable bonds is 2. The number of nitrogens with zero attached hydrogens (tertiary/aromatic N) is 4. The van der Waals surface area contributed by atoms with Crippen LogP contribution in [0.15, 0.2) is 126 Å². The van der Waals surface area contributed by atoms with E-state index < -0.39 is 0 Å². The molecule has 0 amide bonds. The Morgan fingerprint density at radius 2 is 1.21 bits per heavy atom. The molecule has 0 spiro atoms. The van der Waals surface area contributed by atoms with Crippen molar-refractivity contribution in [3.63, 3.8) is 0 Å². The molecule has 0 radical (unpaired) electrons. The van der Waals surface area contributed by atoms with Gasteiger partial charge in [0, 0.05) is 44.5 Å². The van der Waals surface area contributed by atoms with E-state index in [2.05, 4.69) is 100 Å². The van der Waals surface area contributed by atoms with Crippen molar-refractivity contribution in [3.05, 3.63) is 121 Å². The van der Waals surface area contributed by atoms with E-state index in [1.54, 1.807) is 0 Å². The van der Waals surface area contributed by atoms with Gasteiger partial charge < -0.3 is 4.42 Å². The molecule has 0 atom stereocenters. The standard InChI is InChI=1S/C34H20N4O/c1-2-9-21(10-3-1)37-28-13-6-4-11-23(28)26-20-27-32-29(14-8-18-35-32)38(34(27)36-33(26)37)22-16-17-31-25(19-22)24-12-5-7-15-30(24)39-31/h1-20H. The van der Waals surface area contributed by atoms with E-state index in [9.17, 15) is 0 Å². The number of benzene rings is 4. The topological polar surface area (TPSA) is 48.8 Å². The van der Waals surface area contributed by atoms with Gasteiger partial charge >= 0.3 is 0 Å². The SMILES string of the molecule is c1ccc(-n2c3ccccc3c3cc4c5ncccc5n(-c5ccc6oc7ccccc7c6c5)c4nc32)cc1. The van der Waals surface area contributed by atoms with Gasteiger partial charge in [-0.25, -0.2) is 4.98 Å². The quantitative estimate of drug-likeness (QED) is 0.239. The van der Waals surface area contributed by atoms with Crippen LogP contribution in [0.1, 0.15) is 0 Å². The Balaban J connectivity index is 1.44. The highest BCUT2D eigenvalue weighted by Crippen LogP contribution is 2.38. The van der Waals surface area contributed by atoms with Crippen LogP contribution in [0.25, 0.3) is 77.3 Å². The maximum atomic E-state index is 6.12. The molecule has 9 aromatic rings. The minimum atomic E-state index is 0.874. The molecule has 4 aromatic carbocycles. The number of pyridine rings is 2. The van der Waals surface area contributed by atoms with Crippen molar-refractivity contribution in [3.8, 4) is 11.4 Å². The summed E-state index contributed by atoms with van der Waals surface area (Å²) in [6, 6.07) is 39.9. The third-order valence-electron chi connectivity index (χ3n) is 7.76. The van der Waals surface area contributed by atoms with Crippen LogP contribution in [0.3, 0.4) is 0 Å². The zero-order chi connectivity index (χ0) is 25.5. The summed E-state index contributed by atoms with van der Waals surface area (Å²) in [5.74, 6) is 0. The number of hydrogen-bond acceptors (Lipinski definition) is 3. The highest BCUT2D eigenvalue weighted by Gasteiger charge is 2.20. The van der Waals surface area contributed by atoms with Gasteiger partial charge in [-0.1, -0.05) is 54.6 Å². The first-order valence-corrected chi connectivity index (χ1v) is 13.0. The fourth-order valence-corrected chi connectivity index (χ4v) is 6.07. The molecule has 0 aliphatic rings. The van der Waals surface area contributed by atoms with Gasteiger partial charge in [0.2, 0.25) is 0 Å². The maximum Gasteiger partial charge on any atom is 0.149 e. The molecular formula is C34H20N4O. The van der Waals surface area contributed by atoms with Gasteiger partial charge in [-0.2, -0.15) is 0 Å². The summed E-state index contributed by atoms with van der Waals surface area (Å²) < 4.78 is 10.6. The molecule has 0 bridgehead atoms. The summed E-state index contributed by atoms with van der Waals surface area (Å²) in [6.07, 6.45) is 1.86. The number of fused-ring (bicyclic) bond motifs is 9. The molecule has 5 heterocycles. The monoisotopic (exact) mass is 500 g/mol. The van der Waals surface area contributed by atoms with E-state index >= 15 is 0 Å². The Bertz CT molecular complexity index is 2390. The highest BCUT2D eigenvalue weighted by atomic mass is 16.3. The summed E-state index contributed by atoms with van der Waals surface area (Å²) in [5, 5.41) is 5.51. The van der Waals surface area contributed by atoms with Crippen molar-refractivity contribution in [1.29, 1.82) is 0 Å². The van der Waals surface area contributed by atoms with Gasteiger partial charge in [-0.3, -0.25) is 14.1 Å². The van der Waals surface area contributed by atoms with Crippen LogP contribution in [-0.4, -0.2) is 19.1 Å². The van der Waals surface area contributed by atoms with Crippen LogP contribution in [0, 0.1) is 0 Å². The van der Waals surface area contributed by atoms with Crippen LogP contribution in [-0.2, 0) is 0 Å². The minimum Gasteiger partial charge on any atom is -0.456 e. The van der Waals surface area contributed by atoms with Crippen molar-refractivity contribution in [2.24, 2.45) is 0 Å². The van der Waals surface area contributed by atoms with Gasteiger partial charge in [0.05, 0.1) is 16.6 Å². The largest absolute Gasteiger partial charge is 0.456 e. The number of hydrogen-bond donors (Lipinski definition) is 0. The summed E-state index contributed by atoms with van der Waals surface area (Å²) >= 11 is 0. The molecule has 0 aliphatic carbocycles. The first kappa shape index (κ1) is 20.6. The van der Waals surface area contributed by atoms with Crippen molar-refractivity contribution < 1.29 is 4.42 Å². The van der Waals surface area contributed by atoms with Gasteiger partial charge in [0.15, 0.2) is 0 Å². The average molecular weight is 501 g/mol. The van der Waals surface area contributed by atoms with E-state index in [0.29, 0.717) is 0 Å². The second-order valence-corrected chi connectivity index (χ2v) is 9.90. The predicted octanol–water partition coefficient (Wildman–Crippen LogP) is 8.57. The highest BCUT2D eigenvalue weighted by molar-refractivity contribution is 6.16. The zero-order valence-electron chi connectivity index (χ0n) is 20.7. The normalized spacial score (nSPS) is 12.1. The van der Waals surface area contributed by atoms with Gasteiger partial charge in [-0.15, -0.1) is 0 Å². The van der Waals surface area contributed by atoms with Crippen LogP contribution >= 0.6 is 0 Å². The molecular weight excluding hydrogens is 480 g/mol. The van der Waals surface area contributed by atoms with Gasteiger partial charge in [-0.05, 0) is 60.7 Å². The van der Waals surface area contributed by atoms with Crippen LogP contribution in [0.4, 0.5) is 0 Å². The van der Waals surface area contributed by atoms with Crippen molar-refractivity contribution in [2.45, 2.75) is 0 Å². The third-order valence-corrected chi connectivity index (χ3v) is 7.76. The van der Waals surface area contributed by atoms with E-state index in [1.807, 2.05) is 30.5 Å². The maximum absolute atomic E-state index is 6.12. The molecule has 39 heavy (non-hydrogen) atoms. The molecule has 5 heteroatoms. The predicted molar refractivity (Wildman–Crippen MR) is 158 cm³/mol. The molecule has 9 rings (SSSR count). The molecule has 0 saturated heterocycles. The first-order valence-electron chi connectivity index (χ1n) is 13.0. The molecule has 0 fully saturated rings. The van der Waals surface area contributed by atoms with Gasteiger partial charge in [0.1, 0.15) is 22.5 Å². The first-order chi connectivity index (χ1) is 19.3. The number of para-hydroxylation sites is 3. The Hall–Kier alpha value is -5.42. The van der Waals surface area contributed by atoms with Crippen LogP contribution < -0.4 is 0 Å². The second-order valence-electron chi connectivity index (χ2n) is 9.90. The minimum absolute atomic E-state index is 0.874. The van der Waals surface area contributed by atoms with Gasteiger partial charge in [0.25, 0.3) is 0 Å². The van der Waals surface area contributed by atoms with Crippen LogP contribution in [0.5, 0.6) is 0 Å². The Labute approximate surface area is 222 Å². The fraction of sp³-hybridized carbons (Fsp3) is 0. The molecule has 0 unspecified atom stereocenters. The molecule has 0 saturated carbocycles. The van der Waals surface area contributed by atoms with E-state index in [1.165, 1.54) is 5.39 Å². The summed E-state index contributed by atoms with van der Waals surface area (Å²) in [7, 11) is 0. The van der Waals surface area contributed by atoms with Crippen LogP contribution in [0.2, 0.25) is 0 Å². The summed E-state index contributed by atoms with van der Waals surface area (Å²) in [6.45, 7) is 0. The smallest absolute Gasteiger partial charge is 0.149 e. The summed E-state index contributed by atoms with van der Waals surface area (Å²) in [5.41, 5.74) is 8.77. The van der Waals surface area contributed by atoms with Crippen molar-refractivity contribution in [1.82, 2.24) is 19.1 Å². The lowest BCUT2D eigenvalue weighted by molar-refractivity contribution is 0.669. The van der Waals surface area contributed by atoms with E-state index in [-0.39, 0.29) is 0 Å². The lowest BCUT2D eigenvalue weighted by Gasteiger charge is -2.09. The van der Waals surface area contributed by atoms with Crippen molar-refractivity contribution in [2.75, 3.05) is 0 Å². The second kappa shape index (κ2) is 7.55. The zero-order valence-corrected chi connectivity index (χ0v) is 20.7. The Kier molecular flexibility index (Phi) is 3.99. The Morgan fingerprint density at radius 1 is 0.487 bits per heavy atom. The lowest BCUT2D eigenvalue weighted by atomic mass is 10.1. The van der Waals surface area contributed by atoms with Crippen molar-refractivity contribution >= 4 is 65.9 Å². The molecule has 0 aliphatic heterocycles. The molecule has 182 valence electrons.